The monoisotopic (exact) mass is 382 g/mol. The molecule has 0 unspecified atom stereocenters. The molecule has 0 aliphatic heterocycles. The van der Waals surface area contributed by atoms with Crippen molar-refractivity contribution in [2.45, 2.75) is 33.4 Å². The Morgan fingerprint density at radius 2 is 1.85 bits per heavy atom. The highest BCUT2D eigenvalue weighted by molar-refractivity contribution is 7.80. The minimum Gasteiger partial charge on any atom is -0.458 e. The molecule has 3 rings (SSSR count). The van der Waals surface area contributed by atoms with Crippen LogP contribution < -0.4 is 10.6 Å². The molecule has 140 valence electrons. The molecule has 0 saturated heterocycles. The third-order valence-electron chi connectivity index (χ3n) is 3.91. The molecule has 27 heavy (non-hydrogen) atoms. The molecule has 0 atom stereocenters. The van der Waals surface area contributed by atoms with E-state index in [4.69, 9.17) is 17.0 Å². The van der Waals surface area contributed by atoms with Gasteiger partial charge in [0.05, 0.1) is 11.8 Å². The van der Waals surface area contributed by atoms with Gasteiger partial charge in [-0.15, -0.1) is 0 Å². The zero-order chi connectivity index (χ0) is 19.4. The second kappa shape index (κ2) is 8.18. The Morgan fingerprint density at radius 3 is 2.59 bits per heavy atom. The van der Waals surface area contributed by atoms with E-state index < -0.39 is 5.97 Å². The fraction of sp³-hybridized carbons (Fsp3) is 0.250. The first kappa shape index (κ1) is 18.8. The van der Waals surface area contributed by atoms with Crippen molar-refractivity contribution in [3.63, 3.8) is 0 Å². The van der Waals surface area contributed by atoms with E-state index in [2.05, 4.69) is 15.7 Å². The molecule has 0 radical (unpaired) electrons. The number of hydrogen-bond acceptors (Lipinski definition) is 4. The summed E-state index contributed by atoms with van der Waals surface area (Å²) in [5.74, 6) is -0.479. The highest BCUT2D eigenvalue weighted by atomic mass is 32.1. The molecule has 2 N–H and O–H groups in total. The SMILES string of the molecule is CCn1cc(NC(=S)Nc2cccc3ccccc23)c(C(=O)OC(C)C)n1. The van der Waals surface area contributed by atoms with Gasteiger partial charge >= 0.3 is 5.97 Å². The number of hydrogen-bond donors (Lipinski definition) is 2. The number of nitrogens with zero attached hydrogens (tertiary/aromatic N) is 2. The van der Waals surface area contributed by atoms with E-state index >= 15 is 0 Å². The summed E-state index contributed by atoms with van der Waals surface area (Å²) in [4.78, 5) is 12.3. The molecular formula is C20H22N4O2S. The van der Waals surface area contributed by atoms with Gasteiger partial charge in [-0.1, -0.05) is 36.4 Å². The number of carbonyl (C=O) groups is 1. The molecule has 1 aromatic heterocycles. The van der Waals surface area contributed by atoms with E-state index in [-0.39, 0.29) is 11.8 Å². The molecule has 0 amide bonds. The molecule has 0 bridgehead atoms. The predicted octanol–water partition coefficient (Wildman–Crippen LogP) is 4.43. The van der Waals surface area contributed by atoms with Crippen molar-refractivity contribution in [1.82, 2.24) is 9.78 Å². The van der Waals surface area contributed by atoms with Gasteiger partial charge in [-0.05, 0) is 44.4 Å². The lowest BCUT2D eigenvalue weighted by Crippen LogP contribution is -2.21. The average Bonchev–Trinajstić information content (AvgIpc) is 3.04. The maximum atomic E-state index is 12.3. The van der Waals surface area contributed by atoms with Crippen LogP contribution in [0.3, 0.4) is 0 Å². The van der Waals surface area contributed by atoms with Crippen molar-refractivity contribution in [2.24, 2.45) is 0 Å². The van der Waals surface area contributed by atoms with Crippen LogP contribution in [0.4, 0.5) is 11.4 Å². The molecular weight excluding hydrogens is 360 g/mol. The Morgan fingerprint density at radius 1 is 1.15 bits per heavy atom. The number of aryl methyl sites for hydroxylation is 1. The highest BCUT2D eigenvalue weighted by Gasteiger charge is 2.20. The van der Waals surface area contributed by atoms with Crippen molar-refractivity contribution in [2.75, 3.05) is 10.6 Å². The van der Waals surface area contributed by atoms with Crippen molar-refractivity contribution in [3.8, 4) is 0 Å². The van der Waals surface area contributed by atoms with E-state index in [0.29, 0.717) is 17.3 Å². The van der Waals surface area contributed by atoms with E-state index in [9.17, 15) is 4.79 Å². The standard InChI is InChI=1S/C20H22N4O2S/c1-4-24-12-17(18(23-24)19(25)26-13(2)3)22-20(27)21-16-11-7-9-14-8-5-6-10-15(14)16/h5-13H,4H2,1-3H3,(H2,21,22,27). The molecule has 0 saturated carbocycles. The van der Waals surface area contributed by atoms with Gasteiger partial charge < -0.3 is 15.4 Å². The van der Waals surface area contributed by atoms with Crippen LogP contribution >= 0.6 is 12.2 Å². The highest BCUT2D eigenvalue weighted by Crippen LogP contribution is 2.23. The van der Waals surface area contributed by atoms with Gasteiger partial charge in [0, 0.05) is 23.8 Å². The predicted molar refractivity (Wildman–Crippen MR) is 112 cm³/mol. The fourth-order valence-corrected chi connectivity index (χ4v) is 2.93. The van der Waals surface area contributed by atoms with Crippen molar-refractivity contribution in [3.05, 3.63) is 54.4 Å². The summed E-state index contributed by atoms with van der Waals surface area (Å²) in [6.07, 6.45) is 1.52. The van der Waals surface area contributed by atoms with Gasteiger partial charge in [-0.2, -0.15) is 5.10 Å². The first-order valence-electron chi connectivity index (χ1n) is 8.82. The summed E-state index contributed by atoms with van der Waals surface area (Å²) >= 11 is 5.45. The summed E-state index contributed by atoms with van der Waals surface area (Å²) in [6.45, 7) is 6.18. The van der Waals surface area contributed by atoms with Crippen LogP contribution in [0.15, 0.2) is 48.7 Å². The Labute approximate surface area is 163 Å². The average molecular weight is 382 g/mol. The molecule has 2 aromatic carbocycles. The van der Waals surface area contributed by atoms with Gasteiger partial charge in [0.15, 0.2) is 10.8 Å². The number of ether oxygens (including phenoxy) is 1. The van der Waals surface area contributed by atoms with Crippen LogP contribution in [0.25, 0.3) is 10.8 Å². The summed E-state index contributed by atoms with van der Waals surface area (Å²) in [5.41, 5.74) is 1.62. The number of thiocarbonyl (C=S) groups is 1. The van der Waals surface area contributed by atoms with Crippen LogP contribution in [-0.2, 0) is 11.3 Å². The zero-order valence-electron chi connectivity index (χ0n) is 15.5. The molecule has 0 aliphatic carbocycles. The molecule has 0 spiro atoms. The third-order valence-corrected chi connectivity index (χ3v) is 4.11. The lowest BCUT2D eigenvalue weighted by molar-refractivity contribution is 0.0371. The Balaban J connectivity index is 1.81. The Kier molecular flexibility index (Phi) is 5.71. The zero-order valence-corrected chi connectivity index (χ0v) is 16.3. The number of benzene rings is 2. The van der Waals surface area contributed by atoms with Crippen LogP contribution in [0, 0.1) is 0 Å². The van der Waals surface area contributed by atoms with E-state index in [1.54, 1.807) is 24.7 Å². The first-order valence-corrected chi connectivity index (χ1v) is 9.23. The maximum absolute atomic E-state index is 12.3. The van der Waals surface area contributed by atoms with Gasteiger partial charge in [0.2, 0.25) is 0 Å². The summed E-state index contributed by atoms with van der Waals surface area (Å²) in [5, 5.41) is 13.1. The van der Waals surface area contributed by atoms with Crippen LogP contribution in [-0.4, -0.2) is 27.0 Å². The Hall–Kier alpha value is -2.93. The largest absolute Gasteiger partial charge is 0.458 e. The molecule has 3 aromatic rings. The number of rotatable bonds is 5. The van der Waals surface area contributed by atoms with Crippen LogP contribution in [0.2, 0.25) is 0 Å². The summed E-state index contributed by atoms with van der Waals surface area (Å²) in [6, 6.07) is 14.0. The number of carbonyl (C=O) groups excluding carboxylic acids is 1. The minimum atomic E-state index is -0.479. The number of esters is 1. The number of fused-ring (bicyclic) bond motifs is 1. The second-order valence-corrected chi connectivity index (χ2v) is 6.72. The quantitative estimate of drug-likeness (QED) is 0.503. The van der Waals surface area contributed by atoms with E-state index in [1.807, 2.05) is 49.4 Å². The van der Waals surface area contributed by atoms with Crippen LogP contribution in [0.5, 0.6) is 0 Å². The normalized spacial score (nSPS) is 10.8. The third kappa shape index (κ3) is 4.43. The van der Waals surface area contributed by atoms with Crippen LogP contribution in [0.1, 0.15) is 31.3 Å². The number of anilines is 2. The van der Waals surface area contributed by atoms with Crippen molar-refractivity contribution in [1.29, 1.82) is 0 Å². The molecule has 7 heteroatoms. The van der Waals surface area contributed by atoms with Gasteiger partial charge in [0.1, 0.15) is 0 Å². The number of aromatic nitrogens is 2. The van der Waals surface area contributed by atoms with E-state index in [0.717, 1.165) is 16.5 Å². The van der Waals surface area contributed by atoms with Gasteiger partial charge in [0.25, 0.3) is 0 Å². The fourth-order valence-electron chi connectivity index (χ4n) is 2.71. The minimum absolute atomic E-state index is 0.215. The maximum Gasteiger partial charge on any atom is 0.361 e. The lowest BCUT2D eigenvalue weighted by Gasteiger charge is -2.13. The Bertz CT molecular complexity index is 976. The second-order valence-electron chi connectivity index (χ2n) is 6.31. The van der Waals surface area contributed by atoms with Crippen molar-refractivity contribution < 1.29 is 9.53 Å². The molecule has 6 nitrogen and oxygen atoms in total. The van der Waals surface area contributed by atoms with Gasteiger partial charge in [-0.25, -0.2) is 4.79 Å². The topological polar surface area (TPSA) is 68.2 Å². The lowest BCUT2D eigenvalue weighted by atomic mass is 10.1. The summed E-state index contributed by atoms with van der Waals surface area (Å²) in [7, 11) is 0. The molecule has 0 aliphatic rings. The molecule has 0 fully saturated rings. The summed E-state index contributed by atoms with van der Waals surface area (Å²) < 4.78 is 6.94. The molecule has 1 heterocycles. The number of nitrogens with one attached hydrogen (secondary N) is 2. The smallest absolute Gasteiger partial charge is 0.361 e. The van der Waals surface area contributed by atoms with E-state index in [1.165, 1.54) is 0 Å². The van der Waals surface area contributed by atoms with Crippen molar-refractivity contribution >= 4 is 45.4 Å². The van der Waals surface area contributed by atoms with Gasteiger partial charge in [-0.3, -0.25) is 4.68 Å². The first-order chi connectivity index (χ1) is 13.0.